The van der Waals surface area contributed by atoms with Gasteiger partial charge in [0.05, 0.1) is 19.7 Å². The first-order chi connectivity index (χ1) is 14.4. The topological polar surface area (TPSA) is 118 Å². The van der Waals surface area contributed by atoms with Gasteiger partial charge in [-0.2, -0.15) is 0 Å². The summed E-state index contributed by atoms with van der Waals surface area (Å²) in [6.07, 6.45) is 13.6. The van der Waals surface area contributed by atoms with Gasteiger partial charge in [0.1, 0.15) is 0 Å². The minimum atomic E-state index is -1.11. The zero-order chi connectivity index (χ0) is 22.6. The summed E-state index contributed by atoms with van der Waals surface area (Å²) >= 11 is 0. The summed E-state index contributed by atoms with van der Waals surface area (Å²) in [5.74, 6) is -2.31. The number of aliphatic carboxylic acids is 2. The second-order valence-electron chi connectivity index (χ2n) is 7.89. The molecule has 0 heterocycles. The van der Waals surface area contributed by atoms with E-state index in [0.717, 1.165) is 19.3 Å². The number of rotatable bonds is 21. The van der Waals surface area contributed by atoms with E-state index in [1.165, 1.54) is 61.2 Å². The number of nitrogens with zero attached hydrogens (tertiary/aromatic N) is 2. The Bertz CT molecular complexity index is 467. The molecule has 1 amide bonds. The monoisotopic (exact) mass is 476 g/mol. The molecule has 0 aromatic carbocycles. The second-order valence-corrected chi connectivity index (χ2v) is 7.89. The number of carbonyl (C=O) groups is 3. The fourth-order valence-electron chi connectivity index (χ4n) is 3.44. The maximum atomic E-state index is 12.4. The molecule has 0 spiro atoms. The van der Waals surface area contributed by atoms with Crippen LogP contribution in [0.1, 0.15) is 84.0 Å². The number of unbranched alkanes of at least 4 members (excludes halogenated alkanes) is 10. The maximum absolute atomic E-state index is 12.4. The van der Waals surface area contributed by atoms with Gasteiger partial charge < -0.3 is 20.2 Å². The van der Waals surface area contributed by atoms with Crippen LogP contribution in [-0.2, 0) is 14.4 Å². The molecule has 2 radical (unpaired) electrons. The van der Waals surface area contributed by atoms with Gasteiger partial charge in [0.25, 0.3) is 0 Å². The van der Waals surface area contributed by atoms with E-state index in [1.807, 2.05) is 0 Å². The Morgan fingerprint density at radius 3 is 1.50 bits per heavy atom. The van der Waals surface area contributed by atoms with Crippen LogP contribution in [0.3, 0.4) is 0 Å². The molecule has 3 N–H and O–H groups in total. The number of amides is 1. The molecule has 0 aromatic heterocycles. The Hall–Kier alpha value is 0.330. The van der Waals surface area contributed by atoms with Gasteiger partial charge in [-0.3, -0.25) is 19.3 Å². The molecule has 0 saturated carbocycles. The average Bonchev–Trinajstić information content (AvgIpc) is 2.68. The van der Waals surface area contributed by atoms with Crippen molar-refractivity contribution in [1.29, 1.82) is 0 Å². The molecule has 0 saturated heterocycles. The molecule has 0 bridgehead atoms. The van der Waals surface area contributed by atoms with Gasteiger partial charge in [-0.25, -0.2) is 0 Å². The predicted octanol–water partition coefficient (Wildman–Crippen LogP) is 2.22. The third-order valence-electron chi connectivity index (χ3n) is 5.12. The van der Waals surface area contributed by atoms with Crippen molar-refractivity contribution < 1.29 is 29.7 Å². The summed E-state index contributed by atoms with van der Waals surface area (Å²) in [7, 11) is 0. The zero-order valence-corrected chi connectivity index (χ0v) is 24.7. The molecule has 0 atom stereocenters. The van der Waals surface area contributed by atoms with Crippen LogP contribution in [0, 0.1) is 0 Å². The van der Waals surface area contributed by atoms with Crippen LogP contribution in [0.2, 0.25) is 0 Å². The summed E-state index contributed by atoms with van der Waals surface area (Å²) in [5, 5.41) is 27.0. The molecule has 8 nitrogen and oxygen atoms in total. The van der Waals surface area contributed by atoms with Gasteiger partial charge in [-0.05, 0) is 6.42 Å². The first kappa shape index (κ1) is 36.9. The third kappa shape index (κ3) is 23.5. The molecule has 32 heavy (non-hydrogen) atoms. The first-order valence-electron chi connectivity index (χ1n) is 11.4. The predicted molar refractivity (Wildman–Crippen MR) is 128 cm³/mol. The van der Waals surface area contributed by atoms with E-state index in [2.05, 4.69) is 6.92 Å². The number of carboxylic acids is 2. The van der Waals surface area contributed by atoms with Gasteiger partial charge in [0.15, 0.2) is 0 Å². The zero-order valence-electron chi connectivity index (χ0n) is 20.7. The molecule has 0 aliphatic carbocycles. The van der Waals surface area contributed by atoms with Crippen molar-refractivity contribution in [3.05, 3.63) is 0 Å². The van der Waals surface area contributed by atoms with Crippen LogP contribution < -0.4 is 0 Å². The van der Waals surface area contributed by atoms with E-state index in [1.54, 1.807) is 0 Å². The summed E-state index contributed by atoms with van der Waals surface area (Å²) in [6, 6.07) is 0. The van der Waals surface area contributed by atoms with Gasteiger partial charge in [0, 0.05) is 85.2 Å². The van der Waals surface area contributed by atoms with E-state index >= 15 is 0 Å². The van der Waals surface area contributed by atoms with Crippen molar-refractivity contribution in [2.75, 3.05) is 39.3 Å². The summed E-state index contributed by atoms with van der Waals surface area (Å²) in [6.45, 7) is 1.77. The first-order valence-corrected chi connectivity index (χ1v) is 11.4. The second kappa shape index (κ2) is 25.9. The Balaban J connectivity index is -0.00000420. The van der Waals surface area contributed by atoms with Gasteiger partial charge >= 0.3 is 11.9 Å². The van der Waals surface area contributed by atoms with Crippen LogP contribution in [0.25, 0.3) is 0 Å². The van der Waals surface area contributed by atoms with Crippen LogP contribution in [-0.4, -0.2) is 141 Å². The SMILES string of the molecule is CCCCCCCCCCCCCC(=O)N(CCO)CCN(CC(=O)O)CC(=O)O.[Na].[Na]. The van der Waals surface area contributed by atoms with Crippen molar-refractivity contribution >= 4 is 77.0 Å². The van der Waals surface area contributed by atoms with Crippen LogP contribution in [0.5, 0.6) is 0 Å². The van der Waals surface area contributed by atoms with Gasteiger partial charge in [-0.1, -0.05) is 71.1 Å². The van der Waals surface area contributed by atoms with E-state index in [9.17, 15) is 19.5 Å². The standard InChI is InChI=1S/C22H42N2O6.2Na/c1-2-3-4-5-6-7-8-9-10-11-12-13-20(26)24(16-17-25)15-14-23(18-21(27)28)19-22(29)30;;/h25H,2-19H2,1H3,(H,27,28)(H,29,30);;. The molecule has 0 fully saturated rings. The fourth-order valence-corrected chi connectivity index (χ4v) is 3.44. The van der Waals surface area contributed by atoms with Gasteiger partial charge in [-0.15, -0.1) is 0 Å². The minimum absolute atomic E-state index is 0. The summed E-state index contributed by atoms with van der Waals surface area (Å²) < 4.78 is 0. The van der Waals surface area contributed by atoms with Crippen molar-refractivity contribution in [2.24, 2.45) is 0 Å². The van der Waals surface area contributed by atoms with Gasteiger partial charge in [0.2, 0.25) is 5.91 Å². The van der Waals surface area contributed by atoms with Crippen LogP contribution >= 0.6 is 0 Å². The Morgan fingerprint density at radius 2 is 1.09 bits per heavy atom. The normalized spacial score (nSPS) is 10.3. The van der Waals surface area contributed by atoms with Crippen LogP contribution in [0.4, 0.5) is 0 Å². The van der Waals surface area contributed by atoms with Crippen LogP contribution in [0.15, 0.2) is 0 Å². The Labute approximate surface area is 238 Å². The smallest absolute Gasteiger partial charge is 0.317 e. The molecule has 0 aliphatic rings. The average molecular weight is 477 g/mol. The molecule has 0 rings (SSSR count). The summed E-state index contributed by atoms with van der Waals surface area (Å²) in [4.78, 5) is 36.9. The Kier molecular flexibility index (Phi) is 29.9. The quantitative estimate of drug-likeness (QED) is 0.172. The number of carbonyl (C=O) groups excluding carboxylic acids is 1. The summed E-state index contributed by atoms with van der Waals surface area (Å²) in [5.41, 5.74) is 0. The van der Waals surface area contributed by atoms with E-state index in [0.29, 0.717) is 6.42 Å². The molecule has 178 valence electrons. The fraction of sp³-hybridized carbons (Fsp3) is 0.864. The van der Waals surface area contributed by atoms with Crippen molar-refractivity contribution in [1.82, 2.24) is 9.80 Å². The van der Waals surface area contributed by atoms with E-state index in [-0.39, 0.29) is 91.3 Å². The van der Waals surface area contributed by atoms with Crippen molar-refractivity contribution in [3.63, 3.8) is 0 Å². The largest absolute Gasteiger partial charge is 0.480 e. The molecular formula is C22H42N2Na2O6. The van der Waals surface area contributed by atoms with Crippen molar-refractivity contribution in [3.8, 4) is 0 Å². The van der Waals surface area contributed by atoms with Crippen molar-refractivity contribution in [2.45, 2.75) is 84.0 Å². The number of hydrogen-bond donors (Lipinski definition) is 3. The van der Waals surface area contributed by atoms with E-state index in [4.69, 9.17) is 10.2 Å². The number of carboxylic acid groups (broad SMARTS) is 2. The minimum Gasteiger partial charge on any atom is -0.480 e. The molecule has 0 aliphatic heterocycles. The molecule has 0 aromatic rings. The molecule has 0 unspecified atom stereocenters. The maximum Gasteiger partial charge on any atom is 0.317 e. The van der Waals surface area contributed by atoms with E-state index < -0.39 is 25.0 Å². The molecular weight excluding hydrogens is 434 g/mol. The third-order valence-corrected chi connectivity index (χ3v) is 5.12. The number of hydrogen-bond acceptors (Lipinski definition) is 5. The number of aliphatic hydroxyl groups is 1. The Morgan fingerprint density at radius 1 is 0.656 bits per heavy atom. The number of aliphatic hydroxyl groups excluding tert-OH is 1. The molecule has 10 heteroatoms.